The maximum absolute atomic E-state index is 11.7. The Bertz CT molecular complexity index is 369. The lowest BCUT2D eigenvalue weighted by Crippen LogP contribution is -2.33. The van der Waals surface area contributed by atoms with Crippen molar-refractivity contribution in [2.45, 2.75) is 25.5 Å². The molecule has 1 fully saturated rings. The molecular formula is C13H17NO3. The summed E-state index contributed by atoms with van der Waals surface area (Å²) >= 11 is 0. The molecule has 1 heterocycles. The summed E-state index contributed by atoms with van der Waals surface area (Å²) in [6.07, 6.45) is 1.54. The van der Waals surface area contributed by atoms with Crippen molar-refractivity contribution in [3.05, 3.63) is 29.8 Å². The summed E-state index contributed by atoms with van der Waals surface area (Å²) < 4.78 is 10.4. The van der Waals surface area contributed by atoms with Gasteiger partial charge in [0.05, 0.1) is 7.11 Å². The standard InChI is InChI=1S/C13H17NO3/c1-16-11-6-4-10(5-7-11)9-14-13(15)12-3-2-8-17-12/h4-7,12H,2-3,8-9H2,1H3,(H,14,15). The van der Waals surface area contributed by atoms with Crippen molar-refractivity contribution in [1.82, 2.24) is 5.32 Å². The molecule has 1 amide bonds. The Morgan fingerprint density at radius 2 is 2.24 bits per heavy atom. The van der Waals surface area contributed by atoms with E-state index in [-0.39, 0.29) is 12.0 Å². The first-order valence-corrected chi connectivity index (χ1v) is 5.82. The summed E-state index contributed by atoms with van der Waals surface area (Å²) in [6, 6.07) is 7.64. The van der Waals surface area contributed by atoms with Gasteiger partial charge in [0.1, 0.15) is 11.9 Å². The van der Waals surface area contributed by atoms with Crippen molar-refractivity contribution in [2.75, 3.05) is 13.7 Å². The topological polar surface area (TPSA) is 47.6 Å². The molecule has 4 heteroatoms. The molecular weight excluding hydrogens is 218 g/mol. The van der Waals surface area contributed by atoms with Gasteiger partial charge >= 0.3 is 0 Å². The quantitative estimate of drug-likeness (QED) is 0.860. The van der Waals surface area contributed by atoms with Crippen LogP contribution in [0.3, 0.4) is 0 Å². The first-order chi connectivity index (χ1) is 8.29. The number of nitrogens with one attached hydrogen (secondary N) is 1. The lowest BCUT2D eigenvalue weighted by molar-refractivity contribution is -0.130. The predicted octanol–water partition coefficient (Wildman–Crippen LogP) is 1.49. The lowest BCUT2D eigenvalue weighted by atomic mass is 10.2. The van der Waals surface area contributed by atoms with Gasteiger partial charge in [-0.1, -0.05) is 12.1 Å². The minimum Gasteiger partial charge on any atom is -0.497 e. The molecule has 2 rings (SSSR count). The molecule has 0 saturated carbocycles. The average Bonchev–Trinajstić information content (AvgIpc) is 2.90. The van der Waals surface area contributed by atoms with Gasteiger partial charge in [0, 0.05) is 13.2 Å². The van der Waals surface area contributed by atoms with Crippen molar-refractivity contribution >= 4 is 5.91 Å². The van der Waals surface area contributed by atoms with E-state index in [4.69, 9.17) is 9.47 Å². The number of rotatable bonds is 4. The summed E-state index contributed by atoms with van der Waals surface area (Å²) in [5, 5.41) is 2.87. The number of carbonyl (C=O) groups is 1. The Labute approximate surface area is 101 Å². The number of amides is 1. The fourth-order valence-corrected chi connectivity index (χ4v) is 1.83. The van der Waals surface area contributed by atoms with Crippen LogP contribution in [-0.4, -0.2) is 25.7 Å². The Morgan fingerprint density at radius 1 is 1.47 bits per heavy atom. The number of benzene rings is 1. The van der Waals surface area contributed by atoms with Crippen molar-refractivity contribution in [2.24, 2.45) is 0 Å². The summed E-state index contributed by atoms with van der Waals surface area (Å²) in [4.78, 5) is 11.7. The smallest absolute Gasteiger partial charge is 0.249 e. The monoisotopic (exact) mass is 235 g/mol. The number of hydrogen-bond acceptors (Lipinski definition) is 3. The second-order valence-corrected chi connectivity index (χ2v) is 4.07. The highest BCUT2D eigenvalue weighted by Gasteiger charge is 2.22. The second-order valence-electron chi connectivity index (χ2n) is 4.07. The van der Waals surface area contributed by atoms with Crippen molar-refractivity contribution in [1.29, 1.82) is 0 Å². The minimum atomic E-state index is -0.256. The number of ether oxygens (including phenoxy) is 2. The molecule has 1 aliphatic heterocycles. The maximum Gasteiger partial charge on any atom is 0.249 e. The van der Waals surface area contributed by atoms with Gasteiger partial charge in [-0.15, -0.1) is 0 Å². The second kappa shape index (κ2) is 5.68. The Hall–Kier alpha value is -1.55. The van der Waals surface area contributed by atoms with Crippen LogP contribution in [0.5, 0.6) is 5.75 Å². The van der Waals surface area contributed by atoms with E-state index in [1.807, 2.05) is 24.3 Å². The van der Waals surface area contributed by atoms with E-state index in [2.05, 4.69) is 5.32 Å². The highest BCUT2D eigenvalue weighted by Crippen LogP contribution is 2.13. The SMILES string of the molecule is COc1ccc(CNC(=O)C2CCCO2)cc1. The minimum absolute atomic E-state index is 0.0154. The molecule has 17 heavy (non-hydrogen) atoms. The first kappa shape index (κ1) is 11.9. The summed E-state index contributed by atoms with van der Waals surface area (Å²) in [6.45, 7) is 1.23. The van der Waals surface area contributed by atoms with Gasteiger partial charge in [-0.3, -0.25) is 4.79 Å². The third-order valence-corrected chi connectivity index (χ3v) is 2.85. The largest absolute Gasteiger partial charge is 0.497 e. The summed E-state index contributed by atoms with van der Waals surface area (Å²) in [7, 11) is 1.63. The van der Waals surface area contributed by atoms with Gasteiger partial charge in [-0.2, -0.15) is 0 Å². The number of methoxy groups -OCH3 is 1. The van der Waals surface area contributed by atoms with Crippen molar-refractivity contribution in [3.8, 4) is 5.75 Å². The third-order valence-electron chi connectivity index (χ3n) is 2.85. The normalized spacial score (nSPS) is 19.0. The van der Waals surface area contributed by atoms with Crippen molar-refractivity contribution < 1.29 is 14.3 Å². The van der Waals surface area contributed by atoms with E-state index in [1.165, 1.54) is 0 Å². The van der Waals surface area contributed by atoms with E-state index < -0.39 is 0 Å². The molecule has 0 aromatic heterocycles. The average molecular weight is 235 g/mol. The third kappa shape index (κ3) is 3.20. The molecule has 1 saturated heterocycles. The van der Waals surface area contributed by atoms with Crippen LogP contribution in [0.2, 0.25) is 0 Å². The zero-order chi connectivity index (χ0) is 12.1. The zero-order valence-corrected chi connectivity index (χ0v) is 9.94. The molecule has 0 bridgehead atoms. The number of hydrogen-bond donors (Lipinski definition) is 1. The molecule has 0 spiro atoms. The molecule has 1 N–H and O–H groups in total. The van der Waals surface area contributed by atoms with E-state index in [0.29, 0.717) is 13.2 Å². The number of carbonyl (C=O) groups excluding carboxylic acids is 1. The highest BCUT2D eigenvalue weighted by molar-refractivity contribution is 5.80. The van der Waals surface area contributed by atoms with Gasteiger partial charge in [0.25, 0.3) is 0 Å². The Morgan fingerprint density at radius 3 is 2.82 bits per heavy atom. The van der Waals surface area contributed by atoms with Crippen LogP contribution in [0.25, 0.3) is 0 Å². The summed E-state index contributed by atoms with van der Waals surface area (Å²) in [5.41, 5.74) is 1.05. The van der Waals surface area contributed by atoms with Crippen LogP contribution >= 0.6 is 0 Å². The zero-order valence-electron chi connectivity index (χ0n) is 9.94. The van der Waals surface area contributed by atoms with Crippen LogP contribution in [0, 0.1) is 0 Å². The van der Waals surface area contributed by atoms with E-state index >= 15 is 0 Å². The molecule has 1 atom stereocenters. The van der Waals surface area contributed by atoms with Crippen LogP contribution in [0.1, 0.15) is 18.4 Å². The molecule has 4 nitrogen and oxygen atoms in total. The van der Waals surface area contributed by atoms with Gasteiger partial charge in [0.15, 0.2) is 0 Å². The molecule has 0 aliphatic carbocycles. The Kier molecular flexibility index (Phi) is 3.98. The van der Waals surface area contributed by atoms with Crippen LogP contribution in [0.4, 0.5) is 0 Å². The molecule has 92 valence electrons. The molecule has 1 unspecified atom stereocenters. The van der Waals surface area contributed by atoms with Gasteiger partial charge in [-0.05, 0) is 30.5 Å². The van der Waals surface area contributed by atoms with Gasteiger partial charge in [0.2, 0.25) is 5.91 Å². The molecule has 1 aliphatic rings. The fourth-order valence-electron chi connectivity index (χ4n) is 1.83. The Balaban J connectivity index is 1.82. The van der Waals surface area contributed by atoms with Crippen molar-refractivity contribution in [3.63, 3.8) is 0 Å². The van der Waals surface area contributed by atoms with E-state index in [1.54, 1.807) is 7.11 Å². The fraction of sp³-hybridized carbons (Fsp3) is 0.462. The maximum atomic E-state index is 11.7. The summed E-state index contributed by atoms with van der Waals surface area (Å²) in [5.74, 6) is 0.803. The van der Waals surface area contributed by atoms with Gasteiger partial charge < -0.3 is 14.8 Å². The lowest BCUT2D eigenvalue weighted by Gasteiger charge is -2.10. The predicted molar refractivity (Wildman–Crippen MR) is 63.8 cm³/mol. The van der Waals surface area contributed by atoms with Crippen LogP contribution < -0.4 is 10.1 Å². The first-order valence-electron chi connectivity index (χ1n) is 5.82. The van der Waals surface area contributed by atoms with E-state index in [9.17, 15) is 4.79 Å². The van der Waals surface area contributed by atoms with Crippen LogP contribution in [0.15, 0.2) is 24.3 Å². The molecule has 0 radical (unpaired) electrons. The molecule has 1 aromatic rings. The van der Waals surface area contributed by atoms with Crippen LogP contribution in [-0.2, 0) is 16.1 Å². The van der Waals surface area contributed by atoms with Gasteiger partial charge in [-0.25, -0.2) is 0 Å². The van der Waals surface area contributed by atoms with E-state index in [0.717, 1.165) is 24.2 Å². The molecule has 1 aromatic carbocycles. The highest BCUT2D eigenvalue weighted by atomic mass is 16.5.